The van der Waals surface area contributed by atoms with Gasteiger partial charge in [0.05, 0.1) is 0 Å². The van der Waals surface area contributed by atoms with E-state index in [0.29, 0.717) is 12.0 Å². The zero-order valence-electron chi connectivity index (χ0n) is 9.42. The quantitative estimate of drug-likeness (QED) is 0.794. The second-order valence-electron chi connectivity index (χ2n) is 4.38. The number of rotatable bonds is 3. The highest BCUT2D eigenvalue weighted by Gasteiger charge is 2.19. The molecule has 2 rings (SSSR count). The molecular weight excluding hydrogens is 205 g/mol. The molecule has 1 heterocycles. The Labute approximate surface area is 94.9 Å². The Hall–Kier alpha value is -1.22. The first-order chi connectivity index (χ1) is 7.66. The van der Waals surface area contributed by atoms with Crippen molar-refractivity contribution in [3.63, 3.8) is 0 Å². The molecule has 0 radical (unpaired) electrons. The number of carbonyl (C=O) groups excluding carboxylic acids is 1. The molecule has 1 aliphatic heterocycles. The molecule has 1 aromatic rings. The monoisotopic (exact) mass is 221 g/mol. The highest BCUT2D eigenvalue weighted by atomic mass is 19.1. The number of carbonyl (C=O) groups is 1. The molecule has 1 aliphatic rings. The van der Waals surface area contributed by atoms with Crippen molar-refractivity contribution in [1.29, 1.82) is 0 Å². The smallest absolute Gasteiger partial charge is 0.164 e. The van der Waals surface area contributed by atoms with Crippen molar-refractivity contribution in [3.05, 3.63) is 35.1 Å². The van der Waals surface area contributed by atoms with Crippen LogP contribution in [-0.4, -0.2) is 18.4 Å². The first-order valence-electron chi connectivity index (χ1n) is 5.69. The lowest BCUT2D eigenvalue weighted by molar-refractivity contribution is 0.0970. The van der Waals surface area contributed by atoms with Crippen LogP contribution in [-0.2, 0) is 0 Å². The minimum absolute atomic E-state index is 0.0383. The molecule has 16 heavy (non-hydrogen) atoms. The summed E-state index contributed by atoms with van der Waals surface area (Å²) in [5.74, 6) is -0.301. The van der Waals surface area contributed by atoms with E-state index in [2.05, 4.69) is 5.32 Å². The summed E-state index contributed by atoms with van der Waals surface area (Å²) < 4.78 is 13.1. The minimum Gasteiger partial charge on any atom is -0.314 e. The van der Waals surface area contributed by atoms with Crippen LogP contribution in [0.5, 0.6) is 0 Å². The SMILES string of the molecule is Cc1ccc(F)cc1C(=O)CC1CCCN1. The number of benzene rings is 1. The molecule has 0 bridgehead atoms. The maximum absolute atomic E-state index is 13.1. The predicted molar refractivity (Wildman–Crippen MR) is 61.1 cm³/mol. The van der Waals surface area contributed by atoms with Crippen molar-refractivity contribution in [2.75, 3.05) is 6.54 Å². The largest absolute Gasteiger partial charge is 0.314 e. The molecule has 86 valence electrons. The number of hydrogen-bond donors (Lipinski definition) is 1. The van der Waals surface area contributed by atoms with Crippen LogP contribution >= 0.6 is 0 Å². The molecule has 1 fully saturated rings. The van der Waals surface area contributed by atoms with E-state index in [1.165, 1.54) is 12.1 Å². The second kappa shape index (κ2) is 4.74. The first kappa shape index (κ1) is 11.3. The Morgan fingerprint density at radius 3 is 3.06 bits per heavy atom. The molecule has 0 aliphatic carbocycles. The Morgan fingerprint density at radius 1 is 1.56 bits per heavy atom. The average molecular weight is 221 g/mol. The molecule has 0 aromatic heterocycles. The summed E-state index contributed by atoms with van der Waals surface area (Å²) in [6, 6.07) is 4.66. The van der Waals surface area contributed by atoms with E-state index in [1.54, 1.807) is 6.07 Å². The van der Waals surface area contributed by atoms with Gasteiger partial charge >= 0.3 is 0 Å². The van der Waals surface area contributed by atoms with Crippen molar-refractivity contribution in [2.24, 2.45) is 0 Å². The van der Waals surface area contributed by atoms with Gasteiger partial charge in [0, 0.05) is 18.0 Å². The Bertz CT molecular complexity index is 397. The fraction of sp³-hybridized carbons (Fsp3) is 0.462. The van der Waals surface area contributed by atoms with Crippen LogP contribution in [0.4, 0.5) is 4.39 Å². The molecule has 1 unspecified atom stereocenters. The zero-order chi connectivity index (χ0) is 11.5. The van der Waals surface area contributed by atoms with Gasteiger partial charge in [-0.25, -0.2) is 4.39 Å². The van der Waals surface area contributed by atoms with E-state index in [-0.39, 0.29) is 17.6 Å². The molecule has 0 spiro atoms. The van der Waals surface area contributed by atoms with Gasteiger partial charge in [-0.15, -0.1) is 0 Å². The maximum atomic E-state index is 13.1. The van der Waals surface area contributed by atoms with Gasteiger partial charge in [0.2, 0.25) is 0 Å². The molecular formula is C13H16FNO. The number of aryl methyl sites for hydroxylation is 1. The summed E-state index contributed by atoms with van der Waals surface area (Å²) in [5.41, 5.74) is 1.37. The Balaban J connectivity index is 2.10. The van der Waals surface area contributed by atoms with Crippen LogP contribution in [0.25, 0.3) is 0 Å². The lowest BCUT2D eigenvalue weighted by Crippen LogP contribution is -2.24. The van der Waals surface area contributed by atoms with Gasteiger partial charge in [0.15, 0.2) is 5.78 Å². The van der Waals surface area contributed by atoms with Gasteiger partial charge in [-0.2, -0.15) is 0 Å². The summed E-state index contributed by atoms with van der Waals surface area (Å²) in [7, 11) is 0. The third kappa shape index (κ3) is 2.47. The van der Waals surface area contributed by atoms with Gasteiger partial charge in [0.25, 0.3) is 0 Å². The number of Topliss-reactive ketones (excluding diaryl/α,β-unsaturated/α-hetero) is 1. The van der Waals surface area contributed by atoms with Gasteiger partial charge in [0.1, 0.15) is 5.82 Å². The van der Waals surface area contributed by atoms with Gasteiger partial charge < -0.3 is 5.32 Å². The second-order valence-corrected chi connectivity index (χ2v) is 4.38. The van der Waals surface area contributed by atoms with Crippen LogP contribution in [0.2, 0.25) is 0 Å². The van der Waals surface area contributed by atoms with E-state index in [4.69, 9.17) is 0 Å². The summed E-state index contributed by atoms with van der Waals surface area (Å²) >= 11 is 0. The molecule has 3 heteroatoms. The van der Waals surface area contributed by atoms with E-state index in [9.17, 15) is 9.18 Å². The van der Waals surface area contributed by atoms with Crippen LogP contribution in [0.3, 0.4) is 0 Å². The summed E-state index contributed by atoms with van der Waals surface area (Å²) in [6.07, 6.45) is 2.64. The molecule has 1 N–H and O–H groups in total. The summed E-state index contributed by atoms with van der Waals surface area (Å²) in [5, 5.41) is 3.28. The van der Waals surface area contributed by atoms with Crippen LogP contribution in [0.1, 0.15) is 35.2 Å². The Kier molecular flexibility index (Phi) is 3.34. The molecule has 0 amide bonds. The summed E-state index contributed by atoms with van der Waals surface area (Å²) in [6.45, 7) is 2.83. The Morgan fingerprint density at radius 2 is 2.38 bits per heavy atom. The predicted octanol–water partition coefficient (Wildman–Crippen LogP) is 2.46. The van der Waals surface area contributed by atoms with Gasteiger partial charge in [-0.1, -0.05) is 6.07 Å². The van der Waals surface area contributed by atoms with Crippen LogP contribution in [0, 0.1) is 12.7 Å². The molecule has 1 aromatic carbocycles. The van der Waals surface area contributed by atoms with Gasteiger partial charge in [-0.05, 0) is 44.0 Å². The maximum Gasteiger partial charge on any atom is 0.164 e. The number of hydrogen-bond acceptors (Lipinski definition) is 2. The number of ketones is 1. The normalized spacial score (nSPS) is 20.0. The van der Waals surface area contributed by atoms with E-state index >= 15 is 0 Å². The third-order valence-corrected chi connectivity index (χ3v) is 3.09. The van der Waals surface area contributed by atoms with Crippen LogP contribution < -0.4 is 5.32 Å². The number of nitrogens with one attached hydrogen (secondary N) is 1. The van der Waals surface area contributed by atoms with Crippen molar-refractivity contribution in [3.8, 4) is 0 Å². The molecule has 1 saturated heterocycles. The molecule has 2 nitrogen and oxygen atoms in total. The highest BCUT2D eigenvalue weighted by Crippen LogP contribution is 2.16. The fourth-order valence-electron chi connectivity index (χ4n) is 2.16. The fourth-order valence-corrected chi connectivity index (χ4v) is 2.16. The number of halogens is 1. The standard InChI is InChI=1S/C13H16FNO/c1-9-4-5-10(14)7-12(9)13(16)8-11-3-2-6-15-11/h4-5,7,11,15H,2-3,6,8H2,1H3. The van der Waals surface area contributed by atoms with Crippen LogP contribution in [0.15, 0.2) is 18.2 Å². The van der Waals surface area contributed by atoms with Crippen molar-refractivity contribution < 1.29 is 9.18 Å². The topological polar surface area (TPSA) is 29.1 Å². The van der Waals surface area contributed by atoms with Crippen molar-refractivity contribution >= 4 is 5.78 Å². The molecule has 1 atom stereocenters. The van der Waals surface area contributed by atoms with Gasteiger partial charge in [-0.3, -0.25) is 4.79 Å². The van der Waals surface area contributed by atoms with Crippen molar-refractivity contribution in [2.45, 2.75) is 32.2 Å². The average Bonchev–Trinajstić information content (AvgIpc) is 2.74. The highest BCUT2D eigenvalue weighted by molar-refractivity contribution is 5.97. The lowest BCUT2D eigenvalue weighted by atomic mass is 9.99. The first-order valence-corrected chi connectivity index (χ1v) is 5.69. The zero-order valence-corrected chi connectivity index (χ0v) is 9.42. The van der Waals surface area contributed by atoms with E-state index in [1.807, 2.05) is 6.92 Å². The van der Waals surface area contributed by atoms with E-state index < -0.39 is 0 Å². The van der Waals surface area contributed by atoms with E-state index in [0.717, 1.165) is 24.9 Å². The molecule has 0 saturated carbocycles. The lowest BCUT2D eigenvalue weighted by Gasteiger charge is -2.10. The minimum atomic E-state index is -0.340. The van der Waals surface area contributed by atoms with Crippen molar-refractivity contribution in [1.82, 2.24) is 5.32 Å². The summed E-state index contributed by atoms with van der Waals surface area (Å²) in [4.78, 5) is 12.0. The third-order valence-electron chi connectivity index (χ3n) is 3.09.